The normalized spacial score (nSPS) is 11.5. The van der Waals surface area contributed by atoms with Gasteiger partial charge in [0.1, 0.15) is 0 Å². The molecular weight excluding hydrogens is 380 g/mol. The lowest BCUT2D eigenvalue weighted by Gasteiger charge is -2.16. The zero-order chi connectivity index (χ0) is 19.9. The molecule has 0 N–H and O–H groups in total. The molecule has 0 aliphatic rings. The van der Waals surface area contributed by atoms with Crippen molar-refractivity contribution in [1.82, 2.24) is 0 Å². The van der Waals surface area contributed by atoms with Crippen LogP contribution in [-0.2, 0) is 6.42 Å². The predicted molar refractivity (Wildman–Crippen MR) is 132 cm³/mol. The van der Waals surface area contributed by atoms with Crippen LogP contribution in [0.25, 0.3) is 43.4 Å². The third kappa shape index (κ3) is 2.91. The van der Waals surface area contributed by atoms with Crippen molar-refractivity contribution in [2.75, 3.05) is 0 Å². The highest BCUT2D eigenvalue weighted by molar-refractivity contribution is 7.09. The average Bonchev–Trinajstić information content (AvgIpc) is 3.30. The summed E-state index contributed by atoms with van der Waals surface area (Å²) in [5.41, 5.74) is 4.06. The van der Waals surface area contributed by atoms with Gasteiger partial charge in [0.15, 0.2) is 0 Å². The molecule has 1 aromatic heterocycles. The van der Waals surface area contributed by atoms with Gasteiger partial charge in [-0.05, 0) is 78.7 Å². The van der Waals surface area contributed by atoms with Crippen molar-refractivity contribution in [2.45, 2.75) is 6.42 Å². The van der Waals surface area contributed by atoms with Crippen molar-refractivity contribution in [3.05, 3.63) is 119 Å². The number of hydrogen-bond donors (Lipinski definition) is 0. The first-order chi connectivity index (χ1) is 14.9. The number of benzene rings is 5. The molecule has 1 heterocycles. The molecule has 6 rings (SSSR count). The van der Waals surface area contributed by atoms with Crippen LogP contribution in [0.4, 0.5) is 0 Å². The fourth-order valence-corrected chi connectivity index (χ4v) is 5.29. The van der Waals surface area contributed by atoms with E-state index in [4.69, 9.17) is 0 Å². The summed E-state index contributed by atoms with van der Waals surface area (Å²) in [5.74, 6) is 0. The fraction of sp³-hybridized carbons (Fsp3) is 0.0345. The molecule has 0 aliphatic carbocycles. The lowest BCUT2D eigenvalue weighted by molar-refractivity contribution is 1.25. The molecular formula is C29H20S. The van der Waals surface area contributed by atoms with E-state index in [2.05, 4.69) is 109 Å². The number of fused-ring (bicyclic) bond motifs is 3. The van der Waals surface area contributed by atoms with Crippen LogP contribution in [-0.4, -0.2) is 0 Å². The zero-order valence-electron chi connectivity index (χ0n) is 16.5. The topological polar surface area (TPSA) is 0 Å². The van der Waals surface area contributed by atoms with Gasteiger partial charge in [-0.15, -0.1) is 11.3 Å². The van der Waals surface area contributed by atoms with Crippen LogP contribution in [0.3, 0.4) is 0 Å². The summed E-state index contributed by atoms with van der Waals surface area (Å²) in [4.78, 5) is 1.40. The second-order valence-corrected chi connectivity index (χ2v) is 8.84. The summed E-state index contributed by atoms with van der Waals surface area (Å²) in [6, 6.07) is 37.8. The lowest BCUT2D eigenvalue weighted by atomic mass is 9.88. The quantitative estimate of drug-likeness (QED) is 0.261. The van der Waals surface area contributed by atoms with Gasteiger partial charge in [0, 0.05) is 11.3 Å². The van der Waals surface area contributed by atoms with E-state index in [1.165, 1.54) is 53.9 Å². The van der Waals surface area contributed by atoms with Gasteiger partial charge in [-0.2, -0.15) is 0 Å². The highest BCUT2D eigenvalue weighted by Crippen LogP contribution is 2.40. The van der Waals surface area contributed by atoms with Crippen LogP contribution in [0, 0.1) is 0 Å². The SMILES string of the molecule is c1csc(Cc2ccccc2-c2c3ccccc3cc3cc4ccccc4cc23)c1. The van der Waals surface area contributed by atoms with Crippen molar-refractivity contribution in [3.63, 3.8) is 0 Å². The Bertz CT molecular complexity index is 1500. The van der Waals surface area contributed by atoms with E-state index in [9.17, 15) is 0 Å². The standard InChI is InChI=1S/C29H20S/c1-2-9-21-19-28-24(16-20(21)8-1)17-22-10-3-5-13-26(22)29(28)27-14-6-4-11-23(27)18-25-12-7-15-30-25/h1-17,19H,18H2. The maximum Gasteiger partial charge on any atom is 0.00892 e. The van der Waals surface area contributed by atoms with Crippen molar-refractivity contribution in [2.24, 2.45) is 0 Å². The van der Waals surface area contributed by atoms with E-state index < -0.39 is 0 Å². The predicted octanol–water partition coefficient (Wildman–Crippen LogP) is 8.47. The third-order valence-corrected chi connectivity index (χ3v) is 6.84. The Morgan fingerprint density at radius 1 is 0.533 bits per heavy atom. The molecule has 0 spiro atoms. The maximum absolute atomic E-state index is 2.37. The Labute approximate surface area is 180 Å². The molecule has 0 fully saturated rings. The Balaban J connectivity index is 1.72. The van der Waals surface area contributed by atoms with Crippen molar-refractivity contribution < 1.29 is 0 Å². The van der Waals surface area contributed by atoms with Crippen LogP contribution < -0.4 is 0 Å². The van der Waals surface area contributed by atoms with Gasteiger partial charge in [0.2, 0.25) is 0 Å². The Kier molecular flexibility index (Phi) is 4.14. The number of hydrogen-bond acceptors (Lipinski definition) is 1. The molecule has 0 saturated carbocycles. The zero-order valence-corrected chi connectivity index (χ0v) is 17.3. The monoisotopic (exact) mass is 400 g/mol. The molecule has 0 bridgehead atoms. The van der Waals surface area contributed by atoms with Gasteiger partial charge in [0.05, 0.1) is 0 Å². The highest BCUT2D eigenvalue weighted by Gasteiger charge is 2.14. The summed E-state index contributed by atoms with van der Waals surface area (Å²) in [6.45, 7) is 0. The van der Waals surface area contributed by atoms with E-state index in [0.717, 1.165) is 6.42 Å². The first-order valence-corrected chi connectivity index (χ1v) is 11.2. The summed E-state index contributed by atoms with van der Waals surface area (Å²) in [6.07, 6.45) is 0.964. The maximum atomic E-state index is 2.37. The van der Waals surface area contributed by atoms with Gasteiger partial charge in [-0.25, -0.2) is 0 Å². The van der Waals surface area contributed by atoms with Gasteiger partial charge >= 0.3 is 0 Å². The van der Waals surface area contributed by atoms with Crippen LogP contribution in [0.5, 0.6) is 0 Å². The first-order valence-electron chi connectivity index (χ1n) is 10.3. The van der Waals surface area contributed by atoms with Gasteiger partial charge in [-0.1, -0.05) is 78.9 Å². The second-order valence-electron chi connectivity index (χ2n) is 7.81. The van der Waals surface area contributed by atoms with Crippen LogP contribution in [0.15, 0.2) is 109 Å². The average molecular weight is 401 g/mol. The Hall–Kier alpha value is -3.42. The van der Waals surface area contributed by atoms with Crippen molar-refractivity contribution in [1.29, 1.82) is 0 Å². The third-order valence-electron chi connectivity index (χ3n) is 5.96. The van der Waals surface area contributed by atoms with Crippen molar-refractivity contribution in [3.8, 4) is 11.1 Å². The molecule has 0 radical (unpaired) electrons. The Morgan fingerprint density at radius 2 is 1.23 bits per heavy atom. The molecule has 0 amide bonds. The summed E-state index contributed by atoms with van der Waals surface area (Å²) in [7, 11) is 0. The van der Waals surface area contributed by atoms with Crippen LogP contribution in [0.1, 0.15) is 10.4 Å². The molecule has 5 aromatic carbocycles. The van der Waals surface area contributed by atoms with E-state index in [0.29, 0.717) is 0 Å². The molecule has 1 heteroatoms. The summed E-state index contributed by atoms with van der Waals surface area (Å²) < 4.78 is 0. The van der Waals surface area contributed by atoms with E-state index in [1.807, 2.05) is 11.3 Å². The van der Waals surface area contributed by atoms with E-state index in [-0.39, 0.29) is 0 Å². The van der Waals surface area contributed by atoms with Gasteiger partial charge in [0.25, 0.3) is 0 Å². The minimum atomic E-state index is 0.964. The molecule has 0 unspecified atom stereocenters. The molecule has 0 nitrogen and oxygen atoms in total. The highest BCUT2D eigenvalue weighted by atomic mass is 32.1. The summed E-state index contributed by atoms with van der Waals surface area (Å²) in [5, 5.41) is 9.98. The molecule has 0 aliphatic heterocycles. The van der Waals surface area contributed by atoms with Gasteiger partial charge < -0.3 is 0 Å². The molecule has 0 saturated heterocycles. The Morgan fingerprint density at radius 3 is 2.07 bits per heavy atom. The number of rotatable bonds is 3. The van der Waals surface area contributed by atoms with Crippen LogP contribution >= 0.6 is 11.3 Å². The molecule has 30 heavy (non-hydrogen) atoms. The minimum Gasteiger partial charge on any atom is -0.149 e. The first kappa shape index (κ1) is 17.4. The number of thiophene rings is 1. The second kappa shape index (κ2) is 7.12. The summed E-state index contributed by atoms with van der Waals surface area (Å²) >= 11 is 1.83. The molecule has 6 aromatic rings. The molecule has 0 atom stereocenters. The lowest BCUT2D eigenvalue weighted by Crippen LogP contribution is -1.93. The van der Waals surface area contributed by atoms with E-state index in [1.54, 1.807) is 0 Å². The minimum absolute atomic E-state index is 0.964. The van der Waals surface area contributed by atoms with E-state index >= 15 is 0 Å². The van der Waals surface area contributed by atoms with Crippen LogP contribution in [0.2, 0.25) is 0 Å². The molecule has 142 valence electrons. The smallest absolute Gasteiger partial charge is 0.00892 e. The fourth-order valence-electron chi connectivity index (χ4n) is 4.57. The van der Waals surface area contributed by atoms with Crippen molar-refractivity contribution >= 4 is 43.7 Å². The largest absolute Gasteiger partial charge is 0.149 e. The van der Waals surface area contributed by atoms with Gasteiger partial charge in [-0.3, -0.25) is 0 Å².